The van der Waals surface area contributed by atoms with Crippen molar-refractivity contribution < 1.29 is 17.9 Å². The predicted molar refractivity (Wildman–Crippen MR) is 117 cm³/mol. The lowest BCUT2D eigenvalue weighted by atomic mass is 9.72. The molecule has 2 heterocycles. The molecular formula is C24H28F3N5O. The zero-order valence-electron chi connectivity index (χ0n) is 18.3. The maximum absolute atomic E-state index is 12.5. The Morgan fingerprint density at radius 3 is 2.27 bits per heavy atom. The van der Waals surface area contributed by atoms with Gasteiger partial charge in [-0.25, -0.2) is 9.97 Å². The van der Waals surface area contributed by atoms with Crippen LogP contribution >= 0.6 is 0 Å². The number of benzene rings is 1. The van der Waals surface area contributed by atoms with Crippen molar-refractivity contribution in [1.29, 1.82) is 0 Å². The zero-order chi connectivity index (χ0) is 22.9. The Hall–Kier alpha value is -2.81. The second-order valence-electron chi connectivity index (χ2n) is 9.07. The highest BCUT2D eigenvalue weighted by Gasteiger charge is 2.48. The number of H-pyrrole nitrogens is 2. The third-order valence-electron chi connectivity index (χ3n) is 6.97. The summed E-state index contributed by atoms with van der Waals surface area (Å²) in [7, 11) is 0. The molecule has 6 nitrogen and oxygen atoms in total. The molecular weight excluding hydrogens is 431 g/mol. The number of imidazole rings is 2. The number of aromatic nitrogens is 4. The van der Waals surface area contributed by atoms with Crippen LogP contribution in [-0.4, -0.2) is 32.3 Å². The number of nitrogens with one attached hydrogen (secondary N) is 3. The van der Waals surface area contributed by atoms with Crippen molar-refractivity contribution in [2.75, 3.05) is 0 Å². The van der Waals surface area contributed by atoms with E-state index in [1.165, 1.54) is 37.8 Å². The average molecular weight is 460 g/mol. The molecule has 2 fully saturated rings. The van der Waals surface area contributed by atoms with Gasteiger partial charge in [0.15, 0.2) is 0 Å². The van der Waals surface area contributed by atoms with Crippen LogP contribution in [0.5, 0.6) is 5.75 Å². The normalized spacial score (nSPS) is 19.7. The van der Waals surface area contributed by atoms with E-state index >= 15 is 0 Å². The summed E-state index contributed by atoms with van der Waals surface area (Å²) in [6, 6.07) is 6.25. The summed E-state index contributed by atoms with van der Waals surface area (Å²) < 4.78 is 41.5. The van der Waals surface area contributed by atoms with Crippen LogP contribution in [-0.2, 0) is 5.54 Å². The molecule has 0 spiro atoms. The van der Waals surface area contributed by atoms with Gasteiger partial charge in [-0.15, -0.1) is 13.2 Å². The molecule has 33 heavy (non-hydrogen) atoms. The minimum atomic E-state index is -4.71. The fraction of sp³-hybridized carbons (Fsp3) is 0.500. The first-order valence-electron chi connectivity index (χ1n) is 11.6. The van der Waals surface area contributed by atoms with Gasteiger partial charge in [0.25, 0.3) is 0 Å². The van der Waals surface area contributed by atoms with Gasteiger partial charge in [0.1, 0.15) is 22.9 Å². The molecule has 3 aromatic rings. The van der Waals surface area contributed by atoms with Gasteiger partial charge in [-0.3, -0.25) is 5.32 Å². The summed E-state index contributed by atoms with van der Waals surface area (Å²) in [5.74, 6) is 1.74. The Labute approximate surface area is 190 Å². The maximum atomic E-state index is 12.5. The number of ether oxygens (including phenoxy) is 1. The molecule has 0 aliphatic heterocycles. The fourth-order valence-corrected chi connectivity index (χ4v) is 5.15. The van der Waals surface area contributed by atoms with E-state index in [2.05, 4.69) is 25.0 Å². The molecule has 2 aromatic heterocycles. The molecule has 5 rings (SSSR count). The second kappa shape index (κ2) is 8.85. The van der Waals surface area contributed by atoms with E-state index in [0.29, 0.717) is 12.0 Å². The predicted octanol–water partition coefficient (Wildman–Crippen LogP) is 5.66. The molecule has 2 saturated carbocycles. The van der Waals surface area contributed by atoms with Crippen LogP contribution in [0.4, 0.5) is 13.2 Å². The van der Waals surface area contributed by atoms with Crippen molar-refractivity contribution in [3.8, 4) is 17.0 Å². The van der Waals surface area contributed by atoms with Crippen molar-refractivity contribution in [3.63, 3.8) is 0 Å². The SMILES string of the molecule is FC(F)(F)Oc1ccc(-c2cnc([C@@](NC3CCC3)(c3ncc[nH]3)C3CCCCC3)[nH]2)cc1. The second-order valence-corrected chi connectivity index (χ2v) is 9.07. The van der Waals surface area contributed by atoms with Crippen molar-refractivity contribution in [2.24, 2.45) is 5.92 Å². The molecule has 1 atom stereocenters. The summed E-state index contributed by atoms with van der Waals surface area (Å²) in [6.07, 6.45) is 9.89. The number of halogens is 3. The quantitative estimate of drug-likeness (QED) is 0.426. The van der Waals surface area contributed by atoms with Crippen molar-refractivity contribution in [1.82, 2.24) is 25.3 Å². The highest BCUT2D eigenvalue weighted by atomic mass is 19.4. The molecule has 9 heteroatoms. The Bertz CT molecular complexity index is 1040. The number of alkyl halides is 3. The third kappa shape index (κ3) is 4.51. The number of rotatable bonds is 7. The minimum absolute atomic E-state index is 0.246. The van der Waals surface area contributed by atoms with E-state index in [0.717, 1.165) is 48.6 Å². The van der Waals surface area contributed by atoms with Gasteiger partial charge >= 0.3 is 6.36 Å². The molecule has 0 unspecified atom stereocenters. The monoisotopic (exact) mass is 459 g/mol. The van der Waals surface area contributed by atoms with Crippen LogP contribution in [0.2, 0.25) is 0 Å². The van der Waals surface area contributed by atoms with Crippen molar-refractivity contribution >= 4 is 0 Å². The lowest BCUT2D eigenvalue weighted by molar-refractivity contribution is -0.274. The lowest BCUT2D eigenvalue weighted by Crippen LogP contribution is -2.57. The molecule has 3 N–H and O–H groups in total. The first-order chi connectivity index (χ1) is 15.9. The van der Waals surface area contributed by atoms with E-state index in [4.69, 9.17) is 4.98 Å². The molecule has 176 valence electrons. The largest absolute Gasteiger partial charge is 0.573 e. The van der Waals surface area contributed by atoms with E-state index in [1.807, 2.05) is 6.20 Å². The third-order valence-corrected chi connectivity index (χ3v) is 6.97. The highest BCUT2D eigenvalue weighted by Crippen LogP contribution is 2.44. The summed E-state index contributed by atoms with van der Waals surface area (Å²) >= 11 is 0. The molecule has 0 bridgehead atoms. The van der Waals surface area contributed by atoms with Gasteiger partial charge in [-0.05, 0) is 61.4 Å². The standard InChI is InChI=1S/C24H28F3N5O/c25-24(26,27)33-19-11-9-16(10-12-19)20-15-30-22(31-20)23(21-28-13-14-29-21,32-18-7-4-8-18)17-5-2-1-3-6-17/h9-15,17-18,32H,1-8H2,(H,28,29)(H,30,31)/t23-/m0/s1. The average Bonchev–Trinajstić information content (AvgIpc) is 3.47. The van der Waals surface area contributed by atoms with Crippen LogP contribution in [0.15, 0.2) is 42.9 Å². The van der Waals surface area contributed by atoms with Crippen LogP contribution in [0, 0.1) is 5.92 Å². The number of hydrogen-bond donors (Lipinski definition) is 3. The first kappa shape index (κ1) is 22.0. The molecule has 1 aromatic carbocycles. The molecule has 2 aliphatic rings. The van der Waals surface area contributed by atoms with Gasteiger partial charge in [0.05, 0.1) is 11.9 Å². The number of nitrogens with zero attached hydrogens (tertiary/aromatic N) is 2. The molecule has 2 aliphatic carbocycles. The van der Waals surface area contributed by atoms with Gasteiger partial charge in [-0.2, -0.15) is 0 Å². The lowest BCUT2D eigenvalue weighted by Gasteiger charge is -2.45. The Balaban J connectivity index is 1.51. The number of aromatic amines is 2. The summed E-state index contributed by atoms with van der Waals surface area (Å²) in [4.78, 5) is 16.3. The van der Waals surface area contributed by atoms with Gasteiger partial charge < -0.3 is 14.7 Å². The van der Waals surface area contributed by atoms with E-state index in [9.17, 15) is 13.2 Å². The van der Waals surface area contributed by atoms with Crippen LogP contribution in [0.1, 0.15) is 63.0 Å². The van der Waals surface area contributed by atoms with E-state index in [-0.39, 0.29) is 5.75 Å². The fourth-order valence-electron chi connectivity index (χ4n) is 5.15. The molecule has 0 amide bonds. The van der Waals surface area contributed by atoms with Crippen LogP contribution in [0.25, 0.3) is 11.3 Å². The summed E-state index contributed by atoms with van der Waals surface area (Å²) in [5.41, 5.74) is 0.918. The van der Waals surface area contributed by atoms with Gasteiger partial charge in [-0.1, -0.05) is 25.7 Å². The molecule has 0 radical (unpaired) electrons. The minimum Gasteiger partial charge on any atom is -0.406 e. The topological polar surface area (TPSA) is 78.6 Å². The van der Waals surface area contributed by atoms with Crippen molar-refractivity contribution in [2.45, 2.75) is 69.3 Å². The maximum Gasteiger partial charge on any atom is 0.573 e. The van der Waals surface area contributed by atoms with E-state index < -0.39 is 11.9 Å². The van der Waals surface area contributed by atoms with Crippen molar-refractivity contribution in [3.05, 3.63) is 54.5 Å². The zero-order valence-corrected chi connectivity index (χ0v) is 18.3. The van der Waals surface area contributed by atoms with Gasteiger partial charge in [0.2, 0.25) is 0 Å². The van der Waals surface area contributed by atoms with Gasteiger partial charge in [0, 0.05) is 18.4 Å². The Morgan fingerprint density at radius 2 is 1.67 bits per heavy atom. The summed E-state index contributed by atoms with van der Waals surface area (Å²) in [6.45, 7) is 0. The smallest absolute Gasteiger partial charge is 0.406 e. The first-order valence-corrected chi connectivity index (χ1v) is 11.6. The Morgan fingerprint density at radius 1 is 0.909 bits per heavy atom. The highest BCUT2D eigenvalue weighted by molar-refractivity contribution is 5.60. The summed E-state index contributed by atoms with van der Waals surface area (Å²) in [5, 5.41) is 3.92. The number of hydrogen-bond acceptors (Lipinski definition) is 4. The van der Waals surface area contributed by atoms with Crippen LogP contribution in [0.3, 0.4) is 0 Å². The van der Waals surface area contributed by atoms with Crippen LogP contribution < -0.4 is 10.1 Å². The van der Waals surface area contributed by atoms with E-state index in [1.54, 1.807) is 24.5 Å². The Kier molecular flexibility index (Phi) is 5.90. The molecule has 0 saturated heterocycles.